The number of hydrogen-bond acceptors (Lipinski definition) is 4. The lowest BCUT2D eigenvalue weighted by Gasteiger charge is -2.34. The number of nitrogens with zero attached hydrogens (tertiary/aromatic N) is 4. The molecule has 2 aliphatic rings. The van der Waals surface area contributed by atoms with Crippen LogP contribution < -0.4 is 0 Å². The van der Waals surface area contributed by atoms with E-state index in [-0.39, 0.29) is 5.91 Å². The molecule has 0 N–H and O–H groups in total. The molecule has 140 valence electrons. The molecule has 1 saturated heterocycles. The van der Waals surface area contributed by atoms with Crippen molar-refractivity contribution in [3.63, 3.8) is 0 Å². The molecule has 0 radical (unpaired) electrons. The van der Waals surface area contributed by atoms with E-state index in [2.05, 4.69) is 44.8 Å². The Morgan fingerprint density at radius 1 is 1.38 bits per heavy atom. The first kappa shape index (κ1) is 17.7. The summed E-state index contributed by atoms with van der Waals surface area (Å²) in [6.45, 7) is 8.77. The first-order valence-electron chi connectivity index (χ1n) is 9.61. The minimum Gasteiger partial charge on any atom is -0.335 e. The lowest BCUT2D eigenvalue weighted by atomic mass is 9.92. The van der Waals surface area contributed by atoms with Crippen LogP contribution in [0.1, 0.15) is 44.2 Å². The maximum atomic E-state index is 12.2. The first-order chi connectivity index (χ1) is 12.6. The van der Waals surface area contributed by atoms with Gasteiger partial charge in [0.05, 0.1) is 6.20 Å². The normalized spacial score (nSPS) is 21.8. The maximum absolute atomic E-state index is 12.2. The van der Waals surface area contributed by atoms with E-state index in [9.17, 15) is 4.79 Å². The highest BCUT2D eigenvalue weighted by molar-refractivity contribution is 7.07. The van der Waals surface area contributed by atoms with Crippen LogP contribution >= 0.6 is 11.3 Å². The molecule has 1 atom stereocenters. The van der Waals surface area contributed by atoms with Crippen LogP contribution in [0.5, 0.6) is 0 Å². The predicted octanol–water partition coefficient (Wildman–Crippen LogP) is 3.37. The number of piperidine rings is 1. The van der Waals surface area contributed by atoms with Gasteiger partial charge >= 0.3 is 0 Å². The molecule has 5 nitrogen and oxygen atoms in total. The third kappa shape index (κ3) is 3.58. The van der Waals surface area contributed by atoms with Crippen LogP contribution in [0.2, 0.25) is 0 Å². The predicted molar refractivity (Wildman–Crippen MR) is 104 cm³/mol. The van der Waals surface area contributed by atoms with Gasteiger partial charge in [-0.1, -0.05) is 0 Å². The highest BCUT2D eigenvalue weighted by atomic mass is 32.1. The van der Waals surface area contributed by atoms with Gasteiger partial charge in [-0.3, -0.25) is 14.4 Å². The third-order valence-electron chi connectivity index (χ3n) is 6.13. The molecule has 2 aromatic heterocycles. The van der Waals surface area contributed by atoms with Gasteiger partial charge in [-0.05, 0) is 67.1 Å². The lowest BCUT2D eigenvalue weighted by molar-refractivity contribution is -0.130. The SMILES string of the molecule is CCn1cc(CN2CCC3(CC2)C[C@H]3N(Cc2ccsc2)C(C)=O)cn1. The summed E-state index contributed by atoms with van der Waals surface area (Å²) in [7, 11) is 0. The molecule has 26 heavy (non-hydrogen) atoms. The van der Waals surface area contributed by atoms with Crippen LogP contribution in [0.4, 0.5) is 0 Å². The van der Waals surface area contributed by atoms with Crippen LogP contribution in [0.25, 0.3) is 0 Å². The van der Waals surface area contributed by atoms with Gasteiger partial charge in [0.25, 0.3) is 0 Å². The van der Waals surface area contributed by atoms with E-state index in [1.807, 2.05) is 10.9 Å². The molecule has 6 heteroatoms. The molecule has 3 heterocycles. The molecule has 1 amide bonds. The van der Waals surface area contributed by atoms with Crippen molar-refractivity contribution in [2.75, 3.05) is 13.1 Å². The zero-order valence-electron chi connectivity index (χ0n) is 15.7. The van der Waals surface area contributed by atoms with Gasteiger partial charge in [0.2, 0.25) is 5.91 Å². The van der Waals surface area contributed by atoms with Gasteiger partial charge in [0, 0.05) is 44.4 Å². The van der Waals surface area contributed by atoms with Gasteiger partial charge in [-0.2, -0.15) is 16.4 Å². The number of carbonyl (C=O) groups excluding carboxylic acids is 1. The second-order valence-corrected chi connectivity index (χ2v) is 8.62. The van der Waals surface area contributed by atoms with Crippen molar-refractivity contribution in [2.45, 2.75) is 58.8 Å². The van der Waals surface area contributed by atoms with E-state index in [1.54, 1.807) is 18.3 Å². The largest absolute Gasteiger partial charge is 0.335 e. The molecule has 1 aliphatic heterocycles. The fourth-order valence-electron chi connectivity index (χ4n) is 4.40. The van der Waals surface area contributed by atoms with Gasteiger partial charge < -0.3 is 4.90 Å². The monoisotopic (exact) mass is 372 g/mol. The highest BCUT2D eigenvalue weighted by Gasteiger charge is 2.58. The zero-order valence-corrected chi connectivity index (χ0v) is 16.5. The number of aryl methyl sites for hydroxylation is 1. The fourth-order valence-corrected chi connectivity index (χ4v) is 5.06. The summed E-state index contributed by atoms with van der Waals surface area (Å²) in [6.07, 6.45) is 7.73. The molecular formula is C20H28N4OS. The second kappa shape index (κ2) is 7.16. The van der Waals surface area contributed by atoms with Gasteiger partial charge in [0.1, 0.15) is 0 Å². The van der Waals surface area contributed by atoms with Crippen molar-refractivity contribution in [1.29, 1.82) is 0 Å². The molecule has 1 spiro atoms. The topological polar surface area (TPSA) is 41.4 Å². The number of rotatable bonds is 6. The van der Waals surface area contributed by atoms with Gasteiger partial charge in [-0.25, -0.2) is 0 Å². The average Bonchev–Trinajstić information content (AvgIpc) is 3.01. The smallest absolute Gasteiger partial charge is 0.220 e. The maximum Gasteiger partial charge on any atom is 0.220 e. The Labute approximate surface area is 159 Å². The summed E-state index contributed by atoms with van der Waals surface area (Å²) < 4.78 is 1.99. The summed E-state index contributed by atoms with van der Waals surface area (Å²) >= 11 is 1.71. The molecule has 0 aromatic carbocycles. The van der Waals surface area contributed by atoms with Crippen molar-refractivity contribution < 1.29 is 4.79 Å². The van der Waals surface area contributed by atoms with Gasteiger partial charge in [0.15, 0.2) is 0 Å². The number of aromatic nitrogens is 2. The van der Waals surface area contributed by atoms with Crippen molar-refractivity contribution in [3.05, 3.63) is 40.3 Å². The Bertz CT molecular complexity index is 746. The van der Waals surface area contributed by atoms with Crippen LogP contribution in [0, 0.1) is 5.41 Å². The number of hydrogen-bond donors (Lipinski definition) is 0. The lowest BCUT2D eigenvalue weighted by Crippen LogP contribution is -2.39. The van der Waals surface area contributed by atoms with E-state index >= 15 is 0 Å². The Balaban J connectivity index is 1.33. The molecule has 0 bridgehead atoms. The Kier molecular flexibility index (Phi) is 4.88. The van der Waals surface area contributed by atoms with E-state index in [0.717, 1.165) is 32.7 Å². The first-order valence-corrected chi connectivity index (χ1v) is 10.6. The Morgan fingerprint density at radius 3 is 2.81 bits per heavy atom. The minimum atomic E-state index is 0.215. The van der Waals surface area contributed by atoms with E-state index in [4.69, 9.17) is 0 Å². The summed E-state index contributed by atoms with van der Waals surface area (Å²) in [6, 6.07) is 2.57. The van der Waals surface area contributed by atoms with Crippen LogP contribution in [-0.2, 0) is 24.4 Å². The molecule has 2 fully saturated rings. The zero-order chi connectivity index (χ0) is 18.1. The number of carbonyl (C=O) groups is 1. The van der Waals surface area contributed by atoms with Crippen molar-refractivity contribution in [2.24, 2.45) is 5.41 Å². The Morgan fingerprint density at radius 2 is 2.19 bits per heavy atom. The summed E-state index contributed by atoms with van der Waals surface area (Å²) in [5, 5.41) is 8.63. The standard InChI is InChI=1S/C20H28N4OS/c1-3-23-13-18(11-21-23)12-22-7-5-20(6-8-22)10-19(20)24(16(2)25)14-17-4-9-26-15-17/h4,9,11,13,15,19H,3,5-8,10,12,14H2,1-2H3/t19-/m1/s1. The average molecular weight is 373 g/mol. The minimum absolute atomic E-state index is 0.215. The van der Waals surface area contributed by atoms with E-state index < -0.39 is 0 Å². The molecule has 2 aromatic rings. The molecule has 0 unspecified atom stereocenters. The summed E-state index contributed by atoms with van der Waals surface area (Å²) in [5.74, 6) is 0.215. The second-order valence-electron chi connectivity index (χ2n) is 7.84. The quantitative estimate of drug-likeness (QED) is 0.781. The fraction of sp³-hybridized carbons (Fsp3) is 0.600. The molecule has 4 rings (SSSR count). The molecule has 1 aliphatic carbocycles. The highest BCUT2D eigenvalue weighted by Crippen LogP contribution is 2.57. The van der Waals surface area contributed by atoms with E-state index in [0.29, 0.717) is 11.5 Å². The molecule has 1 saturated carbocycles. The number of likely N-dealkylation sites (tertiary alicyclic amines) is 1. The van der Waals surface area contributed by atoms with Crippen LogP contribution in [0.15, 0.2) is 29.2 Å². The summed E-state index contributed by atoms with van der Waals surface area (Å²) in [5.41, 5.74) is 2.93. The number of amides is 1. The number of thiophene rings is 1. The van der Waals surface area contributed by atoms with Crippen molar-refractivity contribution in [3.8, 4) is 0 Å². The van der Waals surface area contributed by atoms with Crippen LogP contribution in [0.3, 0.4) is 0 Å². The van der Waals surface area contributed by atoms with E-state index in [1.165, 1.54) is 30.4 Å². The Hall–Kier alpha value is -1.66. The van der Waals surface area contributed by atoms with Crippen LogP contribution in [-0.4, -0.2) is 44.6 Å². The van der Waals surface area contributed by atoms with Crippen molar-refractivity contribution in [1.82, 2.24) is 19.6 Å². The molecular weight excluding hydrogens is 344 g/mol. The summed E-state index contributed by atoms with van der Waals surface area (Å²) in [4.78, 5) is 16.9. The van der Waals surface area contributed by atoms with Crippen molar-refractivity contribution >= 4 is 17.2 Å². The van der Waals surface area contributed by atoms with Gasteiger partial charge in [-0.15, -0.1) is 0 Å². The third-order valence-corrected chi connectivity index (χ3v) is 6.86.